The van der Waals surface area contributed by atoms with Gasteiger partial charge in [0.1, 0.15) is 17.5 Å². The van der Waals surface area contributed by atoms with E-state index in [-0.39, 0.29) is 24.7 Å². The van der Waals surface area contributed by atoms with Crippen LogP contribution in [0.3, 0.4) is 0 Å². The third kappa shape index (κ3) is 11.7. The molecule has 0 spiro atoms. The second-order valence-electron chi connectivity index (χ2n) is 11.2. The van der Waals surface area contributed by atoms with Gasteiger partial charge in [0, 0.05) is 49.6 Å². The number of benzene rings is 2. The lowest BCUT2D eigenvalue weighted by Crippen LogP contribution is -2.36. The monoisotopic (exact) mass is 694 g/mol. The zero-order valence-corrected chi connectivity index (χ0v) is 28.5. The van der Waals surface area contributed by atoms with E-state index >= 15 is 0 Å². The molecule has 49 heavy (non-hydrogen) atoms. The summed E-state index contributed by atoms with van der Waals surface area (Å²) in [6.45, 7) is 2.88. The molecule has 2 aromatic heterocycles. The molecule has 0 saturated heterocycles. The van der Waals surface area contributed by atoms with E-state index in [0.717, 1.165) is 41.2 Å². The third-order valence-electron chi connectivity index (χ3n) is 7.32. The molecule has 0 bridgehead atoms. The van der Waals surface area contributed by atoms with Crippen LogP contribution in [0.5, 0.6) is 0 Å². The summed E-state index contributed by atoms with van der Waals surface area (Å²) in [6, 6.07) is 17.6. The number of pyridine rings is 1. The fraction of sp³-hybridized carbons (Fsp3) is 0.333. The summed E-state index contributed by atoms with van der Waals surface area (Å²) in [7, 11) is -1.77. The third-order valence-corrected chi connectivity index (χ3v) is 7.32. The van der Waals surface area contributed by atoms with Crippen molar-refractivity contribution < 1.29 is 32.5 Å². The molecular formula is C33H42N8O7S. The molecule has 0 aliphatic heterocycles. The number of carbonyl (C=O) groups excluding carboxylic acids is 2. The molecule has 2 aromatic carbocycles. The molecule has 16 heteroatoms. The fourth-order valence-electron chi connectivity index (χ4n) is 4.83. The summed E-state index contributed by atoms with van der Waals surface area (Å²) in [5.74, 6) is 0.293. The Morgan fingerprint density at radius 3 is 2.27 bits per heavy atom. The van der Waals surface area contributed by atoms with Crippen molar-refractivity contribution in [1.29, 1.82) is 5.41 Å². The minimum Gasteiger partial charge on any atom is -0.465 e. The van der Waals surface area contributed by atoms with Crippen molar-refractivity contribution in [2.45, 2.75) is 45.6 Å². The van der Waals surface area contributed by atoms with Crippen LogP contribution in [0.25, 0.3) is 11.0 Å². The summed E-state index contributed by atoms with van der Waals surface area (Å²) in [6.07, 6.45) is 4.91. The Morgan fingerprint density at radius 2 is 1.67 bits per heavy atom. The molecule has 4 aromatic rings. The van der Waals surface area contributed by atoms with Gasteiger partial charge in [-0.05, 0) is 61.0 Å². The van der Waals surface area contributed by atoms with E-state index in [2.05, 4.69) is 17.2 Å². The second kappa shape index (κ2) is 17.7. The highest BCUT2D eigenvalue weighted by Crippen LogP contribution is 2.21. The first-order chi connectivity index (χ1) is 23.2. The summed E-state index contributed by atoms with van der Waals surface area (Å²) in [4.78, 5) is 48.2. The number of nitrogens with two attached hydrogens (primary N) is 1. The molecule has 262 valence electrons. The average molecular weight is 695 g/mol. The van der Waals surface area contributed by atoms with E-state index in [1.54, 1.807) is 60.8 Å². The number of imidazole rings is 1. The number of nitrogens with one attached hydrogen (secondary N) is 2. The number of unbranched alkanes of at least 4 members (excludes halogenated alkanes) is 3. The molecular weight excluding hydrogens is 652 g/mol. The highest BCUT2D eigenvalue weighted by atomic mass is 32.2. The van der Waals surface area contributed by atoms with E-state index in [9.17, 15) is 27.9 Å². The summed E-state index contributed by atoms with van der Waals surface area (Å²) in [5, 5.41) is 21.3. The second-order valence-corrected chi connectivity index (χ2v) is 12.6. The van der Waals surface area contributed by atoms with Gasteiger partial charge in [0.25, 0.3) is 16.0 Å². The summed E-state index contributed by atoms with van der Waals surface area (Å²) in [5.41, 5.74) is 8.54. The van der Waals surface area contributed by atoms with Gasteiger partial charge < -0.3 is 20.7 Å². The number of aromatic nitrogens is 3. The molecule has 2 heterocycles. The van der Waals surface area contributed by atoms with E-state index in [0.29, 0.717) is 48.2 Å². The predicted molar refractivity (Wildman–Crippen MR) is 187 cm³/mol. The minimum atomic E-state index is -3.67. The Morgan fingerprint density at radius 1 is 1.00 bits per heavy atom. The fourth-order valence-corrected chi connectivity index (χ4v) is 4.83. The Hall–Kier alpha value is -5.35. The molecule has 0 radical (unpaired) electrons. The number of anilines is 2. The van der Waals surface area contributed by atoms with Crippen molar-refractivity contribution in [3.63, 3.8) is 0 Å². The number of hydrogen-bond acceptors (Lipinski definition) is 9. The number of aryl methyl sites for hydroxylation is 1. The normalized spacial score (nSPS) is 10.9. The van der Waals surface area contributed by atoms with E-state index in [1.807, 2.05) is 17.7 Å². The number of rotatable bonds is 14. The number of nitrogens with zero attached hydrogens (tertiary/aromatic N) is 5. The van der Waals surface area contributed by atoms with Gasteiger partial charge in [0.05, 0.1) is 23.8 Å². The van der Waals surface area contributed by atoms with Crippen molar-refractivity contribution in [2.75, 3.05) is 29.6 Å². The Bertz CT molecular complexity index is 1860. The Labute approximate surface area is 285 Å². The molecule has 0 fully saturated rings. The molecule has 15 nitrogen and oxygen atoms in total. The number of amidine groups is 1. The van der Waals surface area contributed by atoms with Crippen LogP contribution in [0.2, 0.25) is 0 Å². The van der Waals surface area contributed by atoms with Crippen molar-refractivity contribution in [3.05, 3.63) is 83.8 Å². The number of carbonyl (C=O) groups is 3. The molecule has 0 atom stereocenters. The van der Waals surface area contributed by atoms with Gasteiger partial charge in [-0.25, -0.2) is 14.8 Å². The maximum atomic E-state index is 13.5. The first-order valence-electron chi connectivity index (χ1n) is 15.5. The lowest BCUT2D eigenvalue weighted by atomic mass is 10.1. The van der Waals surface area contributed by atoms with Crippen LogP contribution in [0, 0.1) is 5.41 Å². The summed E-state index contributed by atoms with van der Waals surface area (Å²) >= 11 is 0. The molecule has 3 amide bonds. The number of primary amides is 1. The maximum absolute atomic E-state index is 13.5. The van der Waals surface area contributed by atoms with Gasteiger partial charge in [-0.3, -0.25) is 29.4 Å². The largest absolute Gasteiger partial charge is 0.465 e. The maximum Gasteiger partial charge on any atom is 0.413 e. The number of fused-ring (bicyclic) bond motifs is 1. The first-order valence-corrected chi connectivity index (χ1v) is 17.4. The molecule has 4 rings (SSSR count). The SMILES string of the molecule is CCCCCCN(C(=N)c1ccc(NCc2nc3cc(C(=O)N(CCC(N)=O)c4ccccn4)ccc3n2C)cc1)C(=O)O.CS(=O)(=O)O. The van der Waals surface area contributed by atoms with Crippen LogP contribution < -0.4 is 16.0 Å². The molecule has 0 aliphatic carbocycles. The van der Waals surface area contributed by atoms with Crippen molar-refractivity contribution in [2.24, 2.45) is 12.8 Å². The Balaban J connectivity index is 0.00000121. The number of carboxylic acid groups (broad SMARTS) is 1. The van der Waals surface area contributed by atoms with Gasteiger partial charge in [-0.1, -0.05) is 32.3 Å². The zero-order chi connectivity index (χ0) is 36.1. The topological polar surface area (TPSA) is 225 Å². The van der Waals surface area contributed by atoms with Crippen molar-refractivity contribution >= 4 is 56.4 Å². The highest BCUT2D eigenvalue weighted by molar-refractivity contribution is 7.85. The first kappa shape index (κ1) is 38.1. The predicted octanol–water partition coefficient (Wildman–Crippen LogP) is 4.49. The van der Waals surface area contributed by atoms with Gasteiger partial charge in [-0.15, -0.1) is 0 Å². The average Bonchev–Trinajstić information content (AvgIpc) is 3.37. The van der Waals surface area contributed by atoms with E-state index in [4.69, 9.17) is 20.7 Å². The van der Waals surface area contributed by atoms with E-state index in [1.165, 1.54) is 4.90 Å². The van der Waals surface area contributed by atoms with Gasteiger partial charge in [0.15, 0.2) is 0 Å². The van der Waals surface area contributed by atoms with Crippen LogP contribution in [-0.2, 0) is 28.5 Å². The number of amides is 3. The van der Waals surface area contributed by atoms with Gasteiger partial charge in [-0.2, -0.15) is 8.42 Å². The van der Waals surface area contributed by atoms with Gasteiger partial charge in [0.2, 0.25) is 5.91 Å². The zero-order valence-electron chi connectivity index (χ0n) is 27.7. The van der Waals surface area contributed by atoms with Gasteiger partial charge >= 0.3 is 6.09 Å². The van der Waals surface area contributed by atoms with Crippen LogP contribution in [0.15, 0.2) is 66.9 Å². The van der Waals surface area contributed by atoms with Crippen LogP contribution in [0.4, 0.5) is 16.3 Å². The standard InChI is InChI=1S/C32H38N8O4.CH4O3S/c1-3-4-5-8-18-40(32(43)44)30(34)22-10-13-24(14-11-22)36-21-29-37-25-20-23(12-15-26(25)38(29)2)31(42)39(19-16-27(33)41)28-9-6-7-17-35-28;1-5(2,3)4/h6-7,9-15,17,20,34,36H,3-5,8,16,18-19,21H2,1-2H3,(H2,33,41)(H,43,44);1H3,(H,2,3,4). The summed E-state index contributed by atoms with van der Waals surface area (Å²) < 4.78 is 27.8. The van der Waals surface area contributed by atoms with E-state index < -0.39 is 22.1 Å². The highest BCUT2D eigenvalue weighted by Gasteiger charge is 2.21. The number of hydrogen-bond donors (Lipinski definition) is 5. The Kier molecular flexibility index (Phi) is 13.8. The van der Waals surface area contributed by atoms with Crippen LogP contribution in [0.1, 0.15) is 60.8 Å². The smallest absolute Gasteiger partial charge is 0.413 e. The molecule has 0 aliphatic rings. The van der Waals surface area contributed by atoms with Crippen LogP contribution >= 0.6 is 0 Å². The molecule has 0 saturated carbocycles. The lowest BCUT2D eigenvalue weighted by Gasteiger charge is -2.21. The molecule has 6 N–H and O–H groups in total. The van der Waals surface area contributed by atoms with Crippen LogP contribution in [-0.4, -0.2) is 80.6 Å². The minimum absolute atomic E-state index is 0.00292. The van der Waals surface area contributed by atoms with Crippen molar-refractivity contribution in [1.82, 2.24) is 19.4 Å². The lowest BCUT2D eigenvalue weighted by molar-refractivity contribution is -0.117. The van der Waals surface area contributed by atoms with Crippen molar-refractivity contribution in [3.8, 4) is 0 Å². The quantitative estimate of drug-likeness (QED) is 0.0538. The molecule has 0 unspecified atom stereocenters.